The van der Waals surface area contributed by atoms with Crippen molar-refractivity contribution >= 4 is 11.6 Å². The van der Waals surface area contributed by atoms with E-state index in [2.05, 4.69) is 34.1 Å². The van der Waals surface area contributed by atoms with Gasteiger partial charge in [0.25, 0.3) is 5.91 Å². The average Bonchev–Trinajstić information content (AvgIpc) is 2.89. The molecule has 0 aliphatic carbocycles. The van der Waals surface area contributed by atoms with Crippen LogP contribution in [0.15, 0.2) is 24.5 Å². The topological polar surface area (TPSA) is 81.5 Å². The number of aryl methyl sites for hydroxylation is 2. The minimum atomic E-state index is -0.517. The summed E-state index contributed by atoms with van der Waals surface area (Å²) in [5.74, 6) is 0.841. The van der Waals surface area contributed by atoms with Crippen LogP contribution in [0.1, 0.15) is 19.5 Å². The molecule has 1 unspecified atom stereocenters. The number of morpholine rings is 1. The standard InChI is InChI=1S/C18H25N5O3/c1-12(2)23-8-9-25-15(11-23)17(24)20-16-13(3)21-22(4)18(16)26-14-6-5-7-19-10-14/h5-7,10,12,15H,8-9,11H2,1-4H3,(H,20,24). The van der Waals surface area contributed by atoms with Crippen LogP contribution in [-0.4, -0.2) is 57.4 Å². The van der Waals surface area contributed by atoms with E-state index in [4.69, 9.17) is 9.47 Å². The fourth-order valence-corrected chi connectivity index (χ4v) is 2.92. The lowest BCUT2D eigenvalue weighted by Crippen LogP contribution is -2.50. The normalized spacial score (nSPS) is 18.1. The van der Waals surface area contributed by atoms with Crippen molar-refractivity contribution in [2.75, 3.05) is 25.0 Å². The van der Waals surface area contributed by atoms with Crippen LogP contribution in [0.5, 0.6) is 11.6 Å². The Kier molecular flexibility index (Phi) is 5.53. The van der Waals surface area contributed by atoms with Gasteiger partial charge in [-0.15, -0.1) is 0 Å². The highest BCUT2D eigenvalue weighted by molar-refractivity contribution is 5.96. The van der Waals surface area contributed by atoms with E-state index in [1.165, 1.54) is 0 Å². The van der Waals surface area contributed by atoms with Crippen molar-refractivity contribution in [2.45, 2.75) is 32.9 Å². The highest BCUT2D eigenvalue weighted by Crippen LogP contribution is 2.31. The number of nitrogens with one attached hydrogen (secondary N) is 1. The zero-order valence-electron chi connectivity index (χ0n) is 15.6. The number of aromatic nitrogens is 3. The van der Waals surface area contributed by atoms with Crippen LogP contribution in [0.4, 0.5) is 5.69 Å². The average molecular weight is 359 g/mol. The molecule has 0 spiro atoms. The van der Waals surface area contributed by atoms with Crippen molar-refractivity contribution < 1.29 is 14.3 Å². The first-order chi connectivity index (χ1) is 12.5. The van der Waals surface area contributed by atoms with Gasteiger partial charge in [0.2, 0.25) is 5.88 Å². The predicted octanol–water partition coefficient (Wildman–Crippen LogP) is 1.96. The molecule has 2 aromatic rings. The number of anilines is 1. The second kappa shape index (κ2) is 7.84. The Morgan fingerprint density at radius 1 is 1.46 bits per heavy atom. The van der Waals surface area contributed by atoms with Crippen molar-refractivity contribution in [3.8, 4) is 11.6 Å². The van der Waals surface area contributed by atoms with Crippen LogP contribution in [-0.2, 0) is 16.6 Å². The molecule has 8 heteroatoms. The van der Waals surface area contributed by atoms with Gasteiger partial charge in [-0.2, -0.15) is 5.10 Å². The molecule has 1 N–H and O–H groups in total. The monoisotopic (exact) mass is 359 g/mol. The van der Waals surface area contributed by atoms with E-state index < -0.39 is 6.10 Å². The third kappa shape index (κ3) is 4.03. The minimum absolute atomic E-state index is 0.192. The Morgan fingerprint density at radius 2 is 2.27 bits per heavy atom. The Balaban J connectivity index is 1.76. The van der Waals surface area contributed by atoms with E-state index in [-0.39, 0.29) is 5.91 Å². The van der Waals surface area contributed by atoms with E-state index in [1.54, 1.807) is 36.3 Å². The molecular weight excluding hydrogens is 334 g/mol. The lowest BCUT2D eigenvalue weighted by molar-refractivity contribution is -0.133. The Labute approximate surface area is 153 Å². The summed E-state index contributed by atoms with van der Waals surface area (Å²) in [6.07, 6.45) is 2.76. The lowest BCUT2D eigenvalue weighted by atomic mass is 10.2. The predicted molar refractivity (Wildman–Crippen MR) is 97.3 cm³/mol. The summed E-state index contributed by atoms with van der Waals surface area (Å²) in [7, 11) is 1.77. The van der Waals surface area contributed by atoms with Gasteiger partial charge in [0.05, 0.1) is 18.5 Å². The largest absolute Gasteiger partial charge is 0.436 e. The van der Waals surface area contributed by atoms with E-state index in [0.717, 1.165) is 6.54 Å². The molecule has 26 heavy (non-hydrogen) atoms. The van der Waals surface area contributed by atoms with Gasteiger partial charge in [0, 0.05) is 32.4 Å². The van der Waals surface area contributed by atoms with Gasteiger partial charge in [-0.3, -0.25) is 14.7 Å². The number of hydrogen-bond donors (Lipinski definition) is 1. The van der Waals surface area contributed by atoms with E-state index in [1.807, 2.05) is 6.92 Å². The quantitative estimate of drug-likeness (QED) is 0.879. The summed E-state index contributed by atoms with van der Waals surface area (Å²) in [5, 5.41) is 7.28. The maximum atomic E-state index is 12.7. The van der Waals surface area contributed by atoms with Crippen LogP contribution >= 0.6 is 0 Å². The fourth-order valence-electron chi connectivity index (χ4n) is 2.92. The summed E-state index contributed by atoms with van der Waals surface area (Å²) in [6.45, 7) is 8.01. The maximum Gasteiger partial charge on any atom is 0.255 e. The second-order valence-electron chi connectivity index (χ2n) is 6.62. The highest BCUT2D eigenvalue weighted by atomic mass is 16.5. The molecule has 2 aromatic heterocycles. The molecule has 1 aliphatic rings. The van der Waals surface area contributed by atoms with Gasteiger partial charge < -0.3 is 14.8 Å². The Bertz CT molecular complexity index is 760. The number of carbonyl (C=O) groups is 1. The molecule has 1 saturated heterocycles. The van der Waals surface area contributed by atoms with Crippen LogP contribution in [0.25, 0.3) is 0 Å². The van der Waals surface area contributed by atoms with Crippen LogP contribution in [0.2, 0.25) is 0 Å². The maximum absolute atomic E-state index is 12.7. The molecule has 3 rings (SSSR count). The van der Waals surface area contributed by atoms with Gasteiger partial charge >= 0.3 is 0 Å². The van der Waals surface area contributed by atoms with Crippen LogP contribution in [0.3, 0.4) is 0 Å². The third-order valence-electron chi connectivity index (χ3n) is 4.39. The number of pyridine rings is 1. The number of amides is 1. The minimum Gasteiger partial charge on any atom is -0.436 e. The summed E-state index contributed by atoms with van der Waals surface area (Å²) in [6, 6.07) is 3.96. The van der Waals surface area contributed by atoms with Crippen molar-refractivity contribution in [1.29, 1.82) is 0 Å². The molecule has 8 nitrogen and oxygen atoms in total. The third-order valence-corrected chi connectivity index (χ3v) is 4.39. The van der Waals surface area contributed by atoms with Crippen molar-refractivity contribution in [3.05, 3.63) is 30.2 Å². The van der Waals surface area contributed by atoms with Gasteiger partial charge in [-0.25, -0.2) is 4.68 Å². The number of ether oxygens (including phenoxy) is 2. The SMILES string of the molecule is Cc1nn(C)c(Oc2cccnc2)c1NC(=O)C1CN(C(C)C)CCO1. The number of carbonyl (C=O) groups excluding carboxylic acids is 1. The summed E-state index contributed by atoms with van der Waals surface area (Å²) >= 11 is 0. The van der Waals surface area contributed by atoms with Crippen LogP contribution in [0, 0.1) is 6.92 Å². The van der Waals surface area contributed by atoms with Gasteiger partial charge in [-0.05, 0) is 32.9 Å². The molecule has 0 saturated carbocycles. The molecule has 140 valence electrons. The number of nitrogens with zero attached hydrogens (tertiary/aromatic N) is 4. The molecule has 3 heterocycles. The molecule has 1 aliphatic heterocycles. The fraction of sp³-hybridized carbons (Fsp3) is 0.500. The molecule has 1 amide bonds. The molecule has 0 aromatic carbocycles. The smallest absolute Gasteiger partial charge is 0.255 e. The highest BCUT2D eigenvalue weighted by Gasteiger charge is 2.29. The first-order valence-corrected chi connectivity index (χ1v) is 8.73. The van der Waals surface area contributed by atoms with Gasteiger partial charge in [0.15, 0.2) is 0 Å². The molecule has 1 atom stereocenters. The second-order valence-corrected chi connectivity index (χ2v) is 6.62. The van der Waals surface area contributed by atoms with Crippen molar-refractivity contribution in [1.82, 2.24) is 19.7 Å². The molecular formula is C18H25N5O3. The summed E-state index contributed by atoms with van der Waals surface area (Å²) < 4.78 is 13.1. The zero-order valence-corrected chi connectivity index (χ0v) is 15.6. The molecule has 0 bridgehead atoms. The van der Waals surface area contributed by atoms with E-state index in [9.17, 15) is 4.79 Å². The van der Waals surface area contributed by atoms with E-state index in [0.29, 0.717) is 42.2 Å². The Morgan fingerprint density at radius 3 is 2.96 bits per heavy atom. The first kappa shape index (κ1) is 18.3. The van der Waals surface area contributed by atoms with Gasteiger partial charge in [0.1, 0.15) is 17.5 Å². The van der Waals surface area contributed by atoms with Crippen LogP contribution < -0.4 is 10.1 Å². The van der Waals surface area contributed by atoms with Crippen molar-refractivity contribution in [3.63, 3.8) is 0 Å². The Hall–Kier alpha value is -2.45. The zero-order chi connectivity index (χ0) is 18.7. The van der Waals surface area contributed by atoms with Gasteiger partial charge in [-0.1, -0.05) is 0 Å². The number of rotatable bonds is 5. The first-order valence-electron chi connectivity index (χ1n) is 8.73. The summed E-state index contributed by atoms with van der Waals surface area (Å²) in [4.78, 5) is 19.0. The lowest BCUT2D eigenvalue weighted by Gasteiger charge is -2.34. The van der Waals surface area contributed by atoms with Crippen molar-refractivity contribution in [2.24, 2.45) is 7.05 Å². The molecule has 0 radical (unpaired) electrons. The number of hydrogen-bond acceptors (Lipinski definition) is 6. The summed E-state index contributed by atoms with van der Waals surface area (Å²) in [5.41, 5.74) is 1.22. The molecule has 1 fully saturated rings. The van der Waals surface area contributed by atoms with E-state index >= 15 is 0 Å².